The minimum atomic E-state index is -0.164. The Morgan fingerprint density at radius 1 is 1.35 bits per heavy atom. The van der Waals surface area contributed by atoms with Crippen LogP contribution in [0.1, 0.15) is 50.3 Å². The number of nitrogens with zero attached hydrogens (tertiary/aromatic N) is 1. The van der Waals surface area contributed by atoms with E-state index < -0.39 is 0 Å². The molecule has 3 atom stereocenters. The molecule has 1 aromatic carbocycles. The van der Waals surface area contributed by atoms with E-state index in [1.165, 1.54) is 19.3 Å². The summed E-state index contributed by atoms with van der Waals surface area (Å²) < 4.78 is 13.7. The fraction of sp³-hybridized carbons (Fsp3) is 0.625. The maximum atomic E-state index is 13.7. The van der Waals surface area contributed by atoms with Crippen LogP contribution in [0.25, 0.3) is 0 Å². The van der Waals surface area contributed by atoms with E-state index in [9.17, 15) is 4.39 Å². The molecule has 3 unspecified atom stereocenters. The number of hydrogen-bond donors (Lipinski definition) is 2. The topological polar surface area (TPSA) is 41.3 Å². The van der Waals surface area contributed by atoms with E-state index in [0.717, 1.165) is 5.56 Å². The summed E-state index contributed by atoms with van der Waals surface area (Å²) in [5.74, 6) is -0.164. The lowest BCUT2D eigenvalue weighted by atomic mass is 9.99. The van der Waals surface area contributed by atoms with Crippen molar-refractivity contribution >= 4 is 0 Å². The van der Waals surface area contributed by atoms with E-state index in [1.807, 2.05) is 12.1 Å². The molecule has 0 spiro atoms. The minimum absolute atomic E-state index is 0.0342. The molecule has 1 fully saturated rings. The van der Waals surface area contributed by atoms with Crippen LogP contribution >= 0.6 is 0 Å². The monoisotopic (exact) mass is 279 g/mol. The minimum Gasteiger partial charge on any atom is -0.329 e. The summed E-state index contributed by atoms with van der Waals surface area (Å²) in [6.45, 7) is 6.69. The van der Waals surface area contributed by atoms with Gasteiger partial charge in [-0.2, -0.15) is 0 Å². The predicted molar refractivity (Wildman–Crippen MR) is 80.7 cm³/mol. The smallest absolute Gasteiger partial charge is 0.126 e. The third-order valence-corrected chi connectivity index (χ3v) is 4.33. The first-order valence-corrected chi connectivity index (χ1v) is 7.53. The highest BCUT2D eigenvalue weighted by atomic mass is 19.1. The van der Waals surface area contributed by atoms with Crippen molar-refractivity contribution in [3.05, 3.63) is 35.1 Å². The molecule has 3 N–H and O–H groups in total. The van der Waals surface area contributed by atoms with Crippen molar-refractivity contribution in [1.82, 2.24) is 10.4 Å². The quantitative estimate of drug-likeness (QED) is 0.890. The van der Waals surface area contributed by atoms with Gasteiger partial charge >= 0.3 is 0 Å². The SMILES string of the molecule is Cc1ccc(C(CN)NN2C(C)CCCC2C)cc1F. The van der Waals surface area contributed by atoms with Gasteiger partial charge in [0.15, 0.2) is 0 Å². The summed E-state index contributed by atoms with van der Waals surface area (Å²) in [5.41, 5.74) is 11.0. The van der Waals surface area contributed by atoms with E-state index in [4.69, 9.17) is 5.73 Å². The average Bonchev–Trinajstić information content (AvgIpc) is 2.42. The van der Waals surface area contributed by atoms with Gasteiger partial charge in [-0.25, -0.2) is 14.8 Å². The van der Waals surface area contributed by atoms with Gasteiger partial charge in [-0.15, -0.1) is 0 Å². The van der Waals surface area contributed by atoms with Crippen LogP contribution in [0, 0.1) is 12.7 Å². The zero-order valence-corrected chi connectivity index (χ0v) is 12.7. The maximum Gasteiger partial charge on any atom is 0.126 e. The molecule has 112 valence electrons. The number of aryl methyl sites for hydroxylation is 1. The first kappa shape index (κ1) is 15.4. The van der Waals surface area contributed by atoms with Gasteiger partial charge in [-0.05, 0) is 50.8 Å². The highest BCUT2D eigenvalue weighted by molar-refractivity contribution is 5.26. The lowest BCUT2D eigenvalue weighted by Crippen LogP contribution is -2.54. The highest BCUT2D eigenvalue weighted by Gasteiger charge is 2.26. The van der Waals surface area contributed by atoms with Crippen molar-refractivity contribution in [2.45, 2.75) is 58.2 Å². The summed E-state index contributed by atoms with van der Waals surface area (Å²) in [7, 11) is 0. The standard InChI is InChI=1S/C16H26FN3/c1-11-7-8-14(9-15(11)17)16(10-18)19-20-12(2)5-4-6-13(20)3/h7-9,12-13,16,19H,4-6,10,18H2,1-3H3. The van der Waals surface area contributed by atoms with Crippen LogP contribution in [0.3, 0.4) is 0 Å². The van der Waals surface area contributed by atoms with Gasteiger partial charge in [0.1, 0.15) is 5.82 Å². The van der Waals surface area contributed by atoms with Crippen LogP contribution in [0.15, 0.2) is 18.2 Å². The molecule has 0 amide bonds. The number of benzene rings is 1. The van der Waals surface area contributed by atoms with E-state index in [0.29, 0.717) is 24.2 Å². The van der Waals surface area contributed by atoms with Gasteiger partial charge in [0.05, 0.1) is 6.04 Å². The van der Waals surface area contributed by atoms with Crippen molar-refractivity contribution in [3.63, 3.8) is 0 Å². The van der Waals surface area contributed by atoms with Crippen LogP contribution < -0.4 is 11.2 Å². The summed E-state index contributed by atoms with van der Waals surface area (Å²) in [4.78, 5) is 0. The van der Waals surface area contributed by atoms with Crippen molar-refractivity contribution < 1.29 is 4.39 Å². The van der Waals surface area contributed by atoms with Crippen molar-refractivity contribution in [3.8, 4) is 0 Å². The average molecular weight is 279 g/mol. The molecule has 0 saturated carbocycles. The van der Waals surface area contributed by atoms with Crippen molar-refractivity contribution in [2.24, 2.45) is 5.73 Å². The lowest BCUT2D eigenvalue weighted by Gasteiger charge is -2.41. The van der Waals surface area contributed by atoms with Gasteiger partial charge in [-0.3, -0.25) is 0 Å². The zero-order valence-electron chi connectivity index (χ0n) is 12.7. The summed E-state index contributed by atoms with van der Waals surface area (Å²) in [6.07, 6.45) is 3.65. The third-order valence-electron chi connectivity index (χ3n) is 4.33. The number of hydrazine groups is 1. The van der Waals surface area contributed by atoms with Crippen LogP contribution in [-0.4, -0.2) is 23.6 Å². The Kier molecular flexibility index (Phi) is 5.13. The Labute approximate surface area is 121 Å². The van der Waals surface area contributed by atoms with Gasteiger partial charge < -0.3 is 5.73 Å². The molecular formula is C16H26FN3. The van der Waals surface area contributed by atoms with E-state index in [1.54, 1.807) is 13.0 Å². The van der Waals surface area contributed by atoms with Crippen LogP contribution in [-0.2, 0) is 0 Å². The summed E-state index contributed by atoms with van der Waals surface area (Å²) in [5, 5.41) is 2.29. The van der Waals surface area contributed by atoms with Crippen LogP contribution in [0.5, 0.6) is 0 Å². The zero-order chi connectivity index (χ0) is 14.7. The fourth-order valence-corrected chi connectivity index (χ4v) is 2.94. The number of halogens is 1. The number of nitrogens with two attached hydrogens (primary N) is 1. The fourth-order valence-electron chi connectivity index (χ4n) is 2.94. The molecule has 0 radical (unpaired) electrons. The largest absolute Gasteiger partial charge is 0.329 e. The molecule has 0 bridgehead atoms. The summed E-state index contributed by atoms with van der Waals surface area (Å²) >= 11 is 0. The number of rotatable bonds is 4. The van der Waals surface area contributed by atoms with E-state index >= 15 is 0 Å². The lowest BCUT2D eigenvalue weighted by molar-refractivity contribution is 0.0304. The summed E-state index contributed by atoms with van der Waals surface area (Å²) in [6, 6.07) is 6.32. The Morgan fingerprint density at radius 2 is 2.00 bits per heavy atom. The van der Waals surface area contributed by atoms with E-state index in [2.05, 4.69) is 24.3 Å². The molecule has 1 saturated heterocycles. The molecule has 1 heterocycles. The Balaban J connectivity index is 2.13. The molecule has 0 aromatic heterocycles. The second-order valence-electron chi connectivity index (χ2n) is 5.96. The molecule has 1 aliphatic rings. The highest BCUT2D eigenvalue weighted by Crippen LogP contribution is 2.23. The number of hydrogen-bond acceptors (Lipinski definition) is 3. The number of nitrogens with one attached hydrogen (secondary N) is 1. The second kappa shape index (κ2) is 6.66. The Hall–Kier alpha value is -0.970. The molecule has 1 aromatic rings. The number of piperidine rings is 1. The Morgan fingerprint density at radius 3 is 2.55 bits per heavy atom. The molecule has 4 heteroatoms. The molecule has 0 aliphatic carbocycles. The normalized spacial score (nSPS) is 25.6. The third kappa shape index (κ3) is 3.37. The molecule has 2 rings (SSSR count). The van der Waals surface area contributed by atoms with E-state index in [-0.39, 0.29) is 11.9 Å². The van der Waals surface area contributed by atoms with Gasteiger partial charge in [0.25, 0.3) is 0 Å². The maximum absolute atomic E-state index is 13.7. The Bertz CT molecular complexity index is 439. The van der Waals surface area contributed by atoms with Crippen LogP contribution in [0.2, 0.25) is 0 Å². The predicted octanol–water partition coefficient (Wildman–Crippen LogP) is 2.90. The molecule has 3 nitrogen and oxygen atoms in total. The first-order chi connectivity index (χ1) is 9.52. The first-order valence-electron chi connectivity index (χ1n) is 7.53. The second-order valence-corrected chi connectivity index (χ2v) is 5.96. The van der Waals surface area contributed by atoms with Gasteiger partial charge in [0.2, 0.25) is 0 Å². The van der Waals surface area contributed by atoms with Crippen molar-refractivity contribution in [2.75, 3.05) is 6.54 Å². The van der Waals surface area contributed by atoms with Gasteiger partial charge in [-0.1, -0.05) is 18.6 Å². The molecule has 1 aliphatic heterocycles. The molecule has 20 heavy (non-hydrogen) atoms. The van der Waals surface area contributed by atoms with Crippen molar-refractivity contribution in [1.29, 1.82) is 0 Å². The molecular weight excluding hydrogens is 253 g/mol. The van der Waals surface area contributed by atoms with Crippen LogP contribution in [0.4, 0.5) is 4.39 Å². The van der Waals surface area contributed by atoms with Gasteiger partial charge in [0, 0.05) is 18.6 Å².